The van der Waals surface area contributed by atoms with Crippen LogP contribution in [0, 0.1) is 6.92 Å². The van der Waals surface area contributed by atoms with Gasteiger partial charge in [0.2, 0.25) is 0 Å². The Kier molecular flexibility index (Phi) is 3.16. The molecule has 1 amide bonds. The number of rotatable bonds is 2. The van der Waals surface area contributed by atoms with Gasteiger partial charge in [0.25, 0.3) is 5.91 Å². The Bertz CT molecular complexity index is 795. The number of para-hydroxylation sites is 1. The van der Waals surface area contributed by atoms with Crippen LogP contribution in [0.25, 0.3) is 11.0 Å². The van der Waals surface area contributed by atoms with Crippen LogP contribution in [0.1, 0.15) is 16.2 Å². The van der Waals surface area contributed by atoms with Crippen molar-refractivity contribution in [2.45, 2.75) is 6.92 Å². The summed E-state index contributed by atoms with van der Waals surface area (Å²) in [7, 11) is 0. The van der Waals surface area contributed by atoms with Crippen molar-refractivity contribution < 1.29 is 4.79 Å². The number of benzene rings is 1. The van der Waals surface area contributed by atoms with Crippen molar-refractivity contribution >= 4 is 34.2 Å². The van der Waals surface area contributed by atoms with Gasteiger partial charge < -0.3 is 10.3 Å². The van der Waals surface area contributed by atoms with Crippen LogP contribution in [-0.2, 0) is 0 Å². The van der Waals surface area contributed by atoms with E-state index in [0.717, 1.165) is 11.1 Å². The van der Waals surface area contributed by atoms with E-state index in [9.17, 15) is 4.79 Å². The molecule has 0 spiro atoms. The number of carbonyl (C=O) groups is 1. The van der Waals surface area contributed by atoms with Crippen LogP contribution in [0.3, 0.4) is 0 Å². The number of carbonyl (C=O) groups excluding carboxylic acids is 1. The molecule has 0 bridgehead atoms. The number of aromatic amines is 1. The highest BCUT2D eigenvalue weighted by molar-refractivity contribution is 6.33. The molecule has 0 saturated heterocycles. The molecule has 100 valence electrons. The molecule has 1 aromatic carbocycles. The predicted octanol–water partition coefficient (Wildman–Crippen LogP) is 3.78. The van der Waals surface area contributed by atoms with E-state index < -0.39 is 0 Å². The molecule has 2 aromatic heterocycles. The molecule has 2 N–H and O–H groups in total. The summed E-state index contributed by atoms with van der Waals surface area (Å²) in [4.78, 5) is 19.5. The number of anilines is 1. The Morgan fingerprint density at radius 2 is 2.05 bits per heavy atom. The maximum Gasteiger partial charge on any atom is 0.272 e. The van der Waals surface area contributed by atoms with Gasteiger partial charge in [-0.1, -0.05) is 23.7 Å². The van der Waals surface area contributed by atoms with Gasteiger partial charge in [0.1, 0.15) is 11.3 Å². The van der Waals surface area contributed by atoms with Crippen LogP contribution in [0.4, 0.5) is 5.69 Å². The first-order valence-corrected chi connectivity index (χ1v) is 6.53. The van der Waals surface area contributed by atoms with E-state index in [0.29, 0.717) is 22.1 Å². The second kappa shape index (κ2) is 4.98. The number of nitrogens with one attached hydrogen (secondary N) is 2. The van der Waals surface area contributed by atoms with Gasteiger partial charge in [-0.2, -0.15) is 0 Å². The first-order valence-electron chi connectivity index (χ1n) is 6.16. The Morgan fingerprint density at radius 1 is 1.25 bits per heavy atom. The zero-order valence-corrected chi connectivity index (χ0v) is 11.5. The number of nitrogens with zero attached hydrogens (tertiary/aromatic N) is 1. The number of amides is 1. The molecule has 20 heavy (non-hydrogen) atoms. The molecule has 0 radical (unpaired) electrons. The van der Waals surface area contributed by atoms with Crippen molar-refractivity contribution in [3.05, 3.63) is 58.9 Å². The zero-order chi connectivity index (χ0) is 14.1. The fraction of sp³-hybridized carbons (Fsp3) is 0.0667. The molecular formula is C15H12ClN3O. The molecule has 4 nitrogen and oxygen atoms in total. The monoisotopic (exact) mass is 285 g/mol. The van der Waals surface area contributed by atoms with Gasteiger partial charge in [-0.3, -0.25) is 4.79 Å². The van der Waals surface area contributed by atoms with Gasteiger partial charge in [0.15, 0.2) is 0 Å². The first kappa shape index (κ1) is 12.7. The summed E-state index contributed by atoms with van der Waals surface area (Å²) < 4.78 is 0. The molecular weight excluding hydrogens is 274 g/mol. The highest BCUT2D eigenvalue weighted by Gasteiger charge is 2.11. The number of hydrogen-bond acceptors (Lipinski definition) is 2. The standard InChI is InChI=1S/C15H12ClN3O/c1-9-6-7-10-8-13(18-14(10)17-9)15(20)19-12-5-3-2-4-11(12)16/h2-8H,1H3,(H,17,18)(H,19,20). The number of aromatic nitrogens is 2. The van der Waals surface area contributed by atoms with Crippen LogP contribution < -0.4 is 5.32 Å². The van der Waals surface area contributed by atoms with Crippen molar-refractivity contribution in [1.29, 1.82) is 0 Å². The summed E-state index contributed by atoms with van der Waals surface area (Å²) in [6.07, 6.45) is 0. The largest absolute Gasteiger partial charge is 0.335 e. The summed E-state index contributed by atoms with van der Waals surface area (Å²) in [6.45, 7) is 1.91. The summed E-state index contributed by atoms with van der Waals surface area (Å²) in [5.74, 6) is -0.242. The second-order valence-electron chi connectivity index (χ2n) is 4.51. The van der Waals surface area contributed by atoms with Crippen molar-refractivity contribution in [2.75, 3.05) is 5.32 Å². The number of pyridine rings is 1. The molecule has 0 aliphatic carbocycles. The van der Waals surface area contributed by atoms with Gasteiger partial charge in [-0.25, -0.2) is 4.98 Å². The summed E-state index contributed by atoms with van der Waals surface area (Å²) in [5.41, 5.74) is 2.65. The number of H-pyrrole nitrogens is 1. The van der Waals surface area contributed by atoms with E-state index in [1.807, 2.05) is 31.2 Å². The average Bonchev–Trinajstić information content (AvgIpc) is 2.84. The lowest BCUT2D eigenvalue weighted by molar-refractivity contribution is 0.102. The molecule has 3 rings (SSSR count). The third kappa shape index (κ3) is 2.38. The highest BCUT2D eigenvalue weighted by Crippen LogP contribution is 2.22. The third-order valence-electron chi connectivity index (χ3n) is 2.99. The van der Waals surface area contributed by atoms with Crippen LogP contribution in [0.15, 0.2) is 42.5 Å². The minimum atomic E-state index is -0.242. The fourth-order valence-electron chi connectivity index (χ4n) is 1.98. The molecule has 0 atom stereocenters. The SMILES string of the molecule is Cc1ccc2cc(C(=O)Nc3ccccc3Cl)[nH]c2n1. The fourth-order valence-corrected chi connectivity index (χ4v) is 2.16. The first-order chi connectivity index (χ1) is 9.63. The normalized spacial score (nSPS) is 10.7. The lowest BCUT2D eigenvalue weighted by atomic mass is 10.2. The maximum atomic E-state index is 12.2. The van der Waals surface area contributed by atoms with E-state index in [4.69, 9.17) is 11.6 Å². The molecule has 0 aliphatic heterocycles. The quantitative estimate of drug-likeness (QED) is 0.753. The van der Waals surface area contributed by atoms with Crippen molar-refractivity contribution in [3.8, 4) is 0 Å². The molecule has 3 aromatic rings. The highest BCUT2D eigenvalue weighted by atomic mass is 35.5. The minimum Gasteiger partial charge on any atom is -0.335 e. The van der Waals surface area contributed by atoms with E-state index in [1.54, 1.807) is 18.2 Å². The van der Waals surface area contributed by atoms with Gasteiger partial charge in [-0.05, 0) is 37.3 Å². The van der Waals surface area contributed by atoms with E-state index in [2.05, 4.69) is 15.3 Å². The smallest absolute Gasteiger partial charge is 0.272 e. The number of hydrogen-bond donors (Lipinski definition) is 2. The molecule has 2 heterocycles. The molecule has 0 aliphatic rings. The predicted molar refractivity (Wildman–Crippen MR) is 80.2 cm³/mol. The van der Waals surface area contributed by atoms with E-state index in [-0.39, 0.29) is 5.91 Å². The van der Waals surface area contributed by atoms with Crippen molar-refractivity contribution in [3.63, 3.8) is 0 Å². The van der Waals surface area contributed by atoms with Gasteiger partial charge in [0.05, 0.1) is 10.7 Å². The molecule has 5 heteroatoms. The van der Waals surface area contributed by atoms with Crippen LogP contribution in [-0.4, -0.2) is 15.9 Å². The minimum absolute atomic E-state index is 0.242. The van der Waals surface area contributed by atoms with Gasteiger partial charge >= 0.3 is 0 Å². The van der Waals surface area contributed by atoms with Crippen LogP contribution in [0.5, 0.6) is 0 Å². The number of fused-ring (bicyclic) bond motifs is 1. The Balaban J connectivity index is 1.91. The third-order valence-corrected chi connectivity index (χ3v) is 3.31. The van der Waals surface area contributed by atoms with Crippen LogP contribution in [0.2, 0.25) is 5.02 Å². The molecule has 0 saturated carbocycles. The van der Waals surface area contributed by atoms with E-state index in [1.165, 1.54) is 0 Å². The van der Waals surface area contributed by atoms with Gasteiger partial charge in [0, 0.05) is 11.1 Å². The van der Waals surface area contributed by atoms with Crippen molar-refractivity contribution in [2.24, 2.45) is 0 Å². The number of halogens is 1. The lowest BCUT2D eigenvalue weighted by Crippen LogP contribution is -2.12. The van der Waals surface area contributed by atoms with E-state index >= 15 is 0 Å². The van der Waals surface area contributed by atoms with Crippen molar-refractivity contribution in [1.82, 2.24) is 9.97 Å². The maximum absolute atomic E-state index is 12.2. The van der Waals surface area contributed by atoms with Gasteiger partial charge in [-0.15, -0.1) is 0 Å². The topological polar surface area (TPSA) is 57.8 Å². The average molecular weight is 286 g/mol. The summed E-state index contributed by atoms with van der Waals surface area (Å²) >= 11 is 6.02. The summed E-state index contributed by atoms with van der Waals surface area (Å²) in [5, 5.41) is 4.18. The second-order valence-corrected chi connectivity index (χ2v) is 4.91. The summed E-state index contributed by atoms with van der Waals surface area (Å²) in [6, 6.07) is 12.7. The Labute approximate surface area is 120 Å². The Morgan fingerprint density at radius 3 is 2.85 bits per heavy atom. The lowest BCUT2D eigenvalue weighted by Gasteiger charge is -2.05. The molecule has 0 unspecified atom stereocenters. The number of aryl methyl sites for hydroxylation is 1. The molecule has 0 fully saturated rings. The Hall–Kier alpha value is -2.33. The zero-order valence-electron chi connectivity index (χ0n) is 10.8. The van der Waals surface area contributed by atoms with Crippen LogP contribution >= 0.6 is 11.6 Å².